The number of benzene rings is 2. The second-order valence-corrected chi connectivity index (χ2v) is 5.80. The molecule has 3 rings (SSSR count). The Kier molecular flexibility index (Phi) is 4.96. The maximum absolute atomic E-state index is 12.5. The van der Waals surface area contributed by atoms with Crippen LogP contribution in [0.5, 0.6) is 0 Å². The third-order valence-corrected chi connectivity index (χ3v) is 4.08. The van der Waals surface area contributed by atoms with Gasteiger partial charge in [0.2, 0.25) is 0 Å². The van der Waals surface area contributed by atoms with Crippen LogP contribution in [0, 0.1) is 0 Å². The zero-order valence-corrected chi connectivity index (χ0v) is 14.0. The highest BCUT2D eigenvalue weighted by molar-refractivity contribution is 5.97. The average Bonchev–Trinajstić information content (AvgIpc) is 2.99. The summed E-state index contributed by atoms with van der Waals surface area (Å²) in [7, 11) is 1.55. The monoisotopic (exact) mass is 322 g/mol. The molecule has 1 aromatic heterocycles. The number of anilines is 1. The predicted molar refractivity (Wildman–Crippen MR) is 97.1 cm³/mol. The van der Waals surface area contributed by atoms with Crippen molar-refractivity contribution in [3.05, 3.63) is 66.4 Å². The first kappa shape index (κ1) is 16.3. The number of carbonyl (C=O) groups excluding carboxylic acids is 1. The highest BCUT2D eigenvalue weighted by Crippen LogP contribution is 2.23. The van der Waals surface area contributed by atoms with E-state index in [0.717, 1.165) is 29.6 Å². The van der Waals surface area contributed by atoms with Gasteiger partial charge in [-0.15, -0.1) is 0 Å². The molecule has 0 radical (unpaired) electrons. The highest BCUT2D eigenvalue weighted by atomic mass is 16.5. The van der Waals surface area contributed by atoms with Gasteiger partial charge in [0.05, 0.1) is 0 Å². The van der Waals surface area contributed by atoms with E-state index in [1.807, 2.05) is 48.5 Å². The number of fused-ring (bicyclic) bond motifs is 1. The van der Waals surface area contributed by atoms with Crippen LogP contribution in [-0.4, -0.2) is 17.6 Å². The second-order valence-electron chi connectivity index (χ2n) is 5.80. The molecule has 124 valence electrons. The number of nitrogens with zero attached hydrogens (tertiary/aromatic N) is 1. The van der Waals surface area contributed by atoms with E-state index in [2.05, 4.69) is 29.1 Å². The molecule has 1 atom stereocenters. The first-order valence-corrected chi connectivity index (χ1v) is 8.20. The lowest BCUT2D eigenvalue weighted by atomic mass is 10.1. The number of ether oxygens (including phenoxy) is 1. The van der Waals surface area contributed by atoms with Gasteiger partial charge in [0.25, 0.3) is 5.91 Å². The average molecular weight is 322 g/mol. The number of methoxy groups -OCH3 is 1. The van der Waals surface area contributed by atoms with Crippen molar-refractivity contribution in [2.45, 2.75) is 26.0 Å². The molecule has 1 unspecified atom stereocenters. The van der Waals surface area contributed by atoms with Gasteiger partial charge in [0.1, 0.15) is 0 Å². The molecule has 0 aliphatic heterocycles. The number of rotatable bonds is 6. The van der Waals surface area contributed by atoms with Crippen molar-refractivity contribution >= 4 is 22.5 Å². The summed E-state index contributed by atoms with van der Waals surface area (Å²) in [4.78, 5) is 12.5. The van der Waals surface area contributed by atoms with Gasteiger partial charge in [0.15, 0.2) is 6.10 Å². The van der Waals surface area contributed by atoms with Crippen LogP contribution in [0.4, 0.5) is 5.69 Å². The van der Waals surface area contributed by atoms with Crippen LogP contribution in [0.25, 0.3) is 10.9 Å². The van der Waals surface area contributed by atoms with Crippen LogP contribution in [0.2, 0.25) is 0 Å². The third kappa shape index (κ3) is 3.34. The van der Waals surface area contributed by atoms with E-state index in [4.69, 9.17) is 4.74 Å². The van der Waals surface area contributed by atoms with E-state index in [9.17, 15) is 4.79 Å². The quantitative estimate of drug-likeness (QED) is 0.732. The summed E-state index contributed by atoms with van der Waals surface area (Å²) in [5.74, 6) is -0.170. The van der Waals surface area contributed by atoms with Gasteiger partial charge >= 0.3 is 0 Å². The molecule has 2 aromatic carbocycles. The van der Waals surface area contributed by atoms with Crippen LogP contribution in [0.15, 0.2) is 60.8 Å². The standard InChI is InChI=1S/C20H22N2O2/c1-3-12-22-13-11-16-14-17(9-10-18(16)22)21-20(23)19(24-2)15-7-5-4-6-8-15/h4-11,13-14,19H,3,12H2,1-2H3,(H,21,23). The molecule has 1 heterocycles. The largest absolute Gasteiger partial charge is 0.367 e. The molecule has 4 heteroatoms. The van der Waals surface area contributed by atoms with E-state index in [1.165, 1.54) is 5.52 Å². The molecule has 1 amide bonds. The van der Waals surface area contributed by atoms with Crippen LogP contribution in [-0.2, 0) is 16.1 Å². The molecule has 0 spiro atoms. The number of aryl methyl sites for hydroxylation is 1. The molecule has 0 fully saturated rings. The van der Waals surface area contributed by atoms with Crippen molar-refractivity contribution in [2.75, 3.05) is 12.4 Å². The van der Waals surface area contributed by atoms with Crippen LogP contribution in [0.3, 0.4) is 0 Å². The van der Waals surface area contributed by atoms with E-state index in [-0.39, 0.29) is 5.91 Å². The summed E-state index contributed by atoms with van der Waals surface area (Å²) in [5, 5.41) is 4.07. The number of hydrogen-bond donors (Lipinski definition) is 1. The molecule has 0 saturated carbocycles. The Morgan fingerprint density at radius 2 is 1.96 bits per heavy atom. The molecule has 24 heavy (non-hydrogen) atoms. The summed E-state index contributed by atoms with van der Waals surface area (Å²) >= 11 is 0. The Labute approximate surface area is 142 Å². The minimum Gasteiger partial charge on any atom is -0.367 e. The number of carbonyl (C=O) groups is 1. The Morgan fingerprint density at radius 1 is 1.17 bits per heavy atom. The van der Waals surface area contributed by atoms with Gasteiger partial charge in [-0.25, -0.2) is 0 Å². The van der Waals surface area contributed by atoms with Gasteiger partial charge in [-0.05, 0) is 36.2 Å². The molecule has 0 saturated heterocycles. The molecule has 0 aliphatic rings. The van der Waals surface area contributed by atoms with Crippen molar-refractivity contribution in [3.63, 3.8) is 0 Å². The van der Waals surface area contributed by atoms with Crippen LogP contribution >= 0.6 is 0 Å². The van der Waals surface area contributed by atoms with Gasteiger partial charge in [-0.1, -0.05) is 37.3 Å². The lowest BCUT2D eigenvalue weighted by Gasteiger charge is -2.15. The lowest BCUT2D eigenvalue weighted by Crippen LogP contribution is -2.22. The molecule has 1 N–H and O–H groups in total. The van der Waals surface area contributed by atoms with E-state index < -0.39 is 6.10 Å². The van der Waals surface area contributed by atoms with E-state index >= 15 is 0 Å². The Balaban J connectivity index is 1.79. The minimum atomic E-state index is -0.619. The van der Waals surface area contributed by atoms with Crippen molar-refractivity contribution in [1.29, 1.82) is 0 Å². The van der Waals surface area contributed by atoms with E-state index in [1.54, 1.807) is 7.11 Å². The molecule has 0 bridgehead atoms. The molecule has 3 aromatic rings. The zero-order chi connectivity index (χ0) is 16.9. The summed E-state index contributed by atoms with van der Waals surface area (Å²) in [5.41, 5.74) is 2.80. The number of aromatic nitrogens is 1. The van der Waals surface area contributed by atoms with Crippen molar-refractivity contribution in [2.24, 2.45) is 0 Å². The minimum absolute atomic E-state index is 0.170. The SMILES string of the molecule is CCCn1ccc2cc(NC(=O)C(OC)c3ccccc3)ccc21. The topological polar surface area (TPSA) is 43.3 Å². The normalized spacial score (nSPS) is 12.2. The van der Waals surface area contributed by atoms with Crippen molar-refractivity contribution in [1.82, 2.24) is 4.57 Å². The van der Waals surface area contributed by atoms with Gasteiger partial charge in [-0.3, -0.25) is 4.79 Å². The van der Waals surface area contributed by atoms with Gasteiger partial charge in [-0.2, -0.15) is 0 Å². The summed E-state index contributed by atoms with van der Waals surface area (Å²) in [6.07, 6.45) is 2.56. The maximum atomic E-state index is 12.5. The maximum Gasteiger partial charge on any atom is 0.258 e. The lowest BCUT2D eigenvalue weighted by molar-refractivity contribution is -0.126. The molecule has 4 nitrogen and oxygen atoms in total. The van der Waals surface area contributed by atoms with E-state index in [0.29, 0.717) is 0 Å². The Hall–Kier alpha value is -2.59. The predicted octanol–water partition coefficient (Wildman–Crippen LogP) is 4.38. The first-order chi connectivity index (χ1) is 11.7. The summed E-state index contributed by atoms with van der Waals surface area (Å²) < 4.78 is 7.60. The number of amides is 1. The molecule has 0 aliphatic carbocycles. The number of nitrogens with one attached hydrogen (secondary N) is 1. The Bertz CT molecular complexity index is 824. The summed E-state index contributed by atoms with van der Waals surface area (Å²) in [6.45, 7) is 3.16. The number of hydrogen-bond acceptors (Lipinski definition) is 2. The van der Waals surface area contributed by atoms with Crippen molar-refractivity contribution in [3.8, 4) is 0 Å². The third-order valence-electron chi connectivity index (χ3n) is 4.08. The van der Waals surface area contributed by atoms with Gasteiger partial charge < -0.3 is 14.6 Å². The second kappa shape index (κ2) is 7.32. The Morgan fingerprint density at radius 3 is 2.67 bits per heavy atom. The first-order valence-electron chi connectivity index (χ1n) is 8.20. The van der Waals surface area contributed by atoms with Crippen molar-refractivity contribution < 1.29 is 9.53 Å². The smallest absolute Gasteiger partial charge is 0.258 e. The van der Waals surface area contributed by atoms with Gasteiger partial charge in [0, 0.05) is 36.4 Å². The fraction of sp³-hybridized carbons (Fsp3) is 0.250. The van der Waals surface area contributed by atoms with Crippen LogP contribution < -0.4 is 5.32 Å². The summed E-state index contributed by atoms with van der Waals surface area (Å²) in [6, 6.07) is 17.6. The fourth-order valence-corrected chi connectivity index (χ4v) is 2.94. The highest BCUT2D eigenvalue weighted by Gasteiger charge is 2.20. The molecular weight excluding hydrogens is 300 g/mol. The molecular formula is C20H22N2O2. The zero-order valence-electron chi connectivity index (χ0n) is 14.0. The van der Waals surface area contributed by atoms with Crippen LogP contribution in [0.1, 0.15) is 25.0 Å². The fourth-order valence-electron chi connectivity index (χ4n) is 2.94.